The van der Waals surface area contributed by atoms with Gasteiger partial charge in [0.25, 0.3) is 0 Å². The molecular weight excluding hydrogens is 444 g/mol. The Balaban J connectivity index is 1.75. The first-order valence-corrected chi connectivity index (χ1v) is 12.3. The highest BCUT2D eigenvalue weighted by Gasteiger charge is 2.29. The molecule has 1 fully saturated rings. The van der Waals surface area contributed by atoms with E-state index >= 15 is 0 Å². The molecule has 0 bridgehead atoms. The number of fused-ring (bicyclic) bond motifs is 1. The van der Waals surface area contributed by atoms with Crippen molar-refractivity contribution in [2.24, 2.45) is 5.92 Å². The summed E-state index contributed by atoms with van der Waals surface area (Å²) in [6, 6.07) is 3.38. The molecule has 0 saturated carbocycles. The van der Waals surface area contributed by atoms with Gasteiger partial charge in [-0.25, -0.2) is 8.42 Å². The standard InChI is InChI=1S/C20H27BrN2O4S/c1-3-19(24)23-10-6-15-12-16(21)18(13-17(15)23)28(26,27)11-7-20(25)22-8-4-14(2)5-9-22/h12-14H,3-11H2,1-2H3. The summed E-state index contributed by atoms with van der Waals surface area (Å²) in [5, 5.41) is 0. The second-order valence-electron chi connectivity index (χ2n) is 7.69. The second-order valence-corrected chi connectivity index (χ2v) is 10.6. The zero-order valence-electron chi connectivity index (χ0n) is 16.4. The number of halogens is 1. The lowest BCUT2D eigenvalue weighted by molar-refractivity contribution is -0.132. The zero-order valence-corrected chi connectivity index (χ0v) is 18.8. The topological polar surface area (TPSA) is 74.8 Å². The summed E-state index contributed by atoms with van der Waals surface area (Å²) >= 11 is 3.37. The fourth-order valence-corrected chi connectivity index (χ4v) is 6.27. The SMILES string of the molecule is CCC(=O)N1CCc2cc(Br)c(S(=O)(=O)CCC(=O)N3CCC(C)CC3)cc21. The molecule has 154 valence electrons. The molecule has 0 atom stereocenters. The average molecular weight is 471 g/mol. The number of likely N-dealkylation sites (tertiary alicyclic amines) is 1. The molecule has 3 rings (SSSR count). The smallest absolute Gasteiger partial charge is 0.226 e. The van der Waals surface area contributed by atoms with Crippen LogP contribution in [0.15, 0.2) is 21.5 Å². The third kappa shape index (κ3) is 4.43. The van der Waals surface area contributed by atoms with Gasteiger partial charge in [0.1, 0.15) is 0 Å². The molecule has 0 spiro atoms. The number of nitrogens with zero attached hydrogens (tertiary/aromatic N) is 2. The Kier molecular flexibility index (Phi) is 6.49. The summed E-state index contributed by atoms with van der Waals surface area (Å²) in [5.41, 5.74) is 1.64. The number of benzene rings is 1. The number of amides is 2. The number of piperidine rings is 1. The van der Waals surface area contributed by atoms with Crippen LogP contribution < -0.4 is 4.90 Å². The molecule has 1 saturated heterocycles. The van der Waals surface area contributed by atoms with E-state index < -0.39 is 9.84 Å². The molecule has 0 N–H and O–H groups in total. The summed E-state index contributed by atoms with van der Waals surface area (Å²) in [6.07, 6.45) is 3.01. The second kappa shape index (κ2) is 8.53. The fourth-order valence-electron chi connectivity index (χ4n) is 3.82. The summed E-state index contributed by atoms with van der Waals surface area (Å²) in [4.78, 5) is 28.2. The Morgan fingerprint density at radius 2 is 1.82 bits per heavy atom. The van der Waals surface area contributed by atoms with Gasteiger partial charge in [-0.2, -0.15) is 0 Å². The molecule has 2 amide bonds. The van der Waals surface area contributed by atoms with E-state index in [1.807, 2.05) is 0 Å². The van der Waals surface area contributed by atoms with Crippen molar-refractivity contribution in [1.29, 1.82) is 0 Å². The molecule has 2 heterocycles. The summed E-state index contributed by atoms with van der Waals surface area (Å²) < 4.78 is 26.4. The van der Waals surface area contributed by atoms with Gasteiger partial charge in [0.05, 0.1) is 10.6 Å². The van der Waals surface area contributed by atoms with Crippen LogP contribution in [0.3, 0.4) is 0 Å². The molecular formula is C20H27BrN2O4S. The van der Waals surface area contributed by atoms with E-state index in [1.54, 1.807) is 28.9 Å². The number of anilines is 1. The average Bonchev–Trinajstić information content (AvgIpc) is 3.08. The van der Waals surface area contributed by atoms with Crippen molar-refractivity contribution < 1.29 is 18.0 Å². The van der Waals surface area contributed by atoms with E-state index in [1.165, 1.54) is 0 Å². The minimum atomic E-state index is -3.65. The van der Waals surface area contributed by atoms with E-state index in [4.69, 9.17) is 0 Å². The van der Waals surface area contributed by atoms with Crippen LogP contribution in [0.25, 0.3) is 0 Å². The monoisotopic (exact) mass is 470 g/mol. The predicted octanol–water partition coefficient (Wildman–Crippen LogP) is 3.17. The van der Waals surface area contributed by atoms with Crippen LogP contribution in [0.5, 0.6) is 0 Å². The van der Waals surface area contributed by atoms with E-state index in [0.717, 1.165) is 18.4 Å². The van der Waals surface area contributed by atoms with Crippen LogP contribution in [0.1, 0.15) is 45.1 Å². The number of hydrogen-bond donors (Lipinski definition) is 0. The van der Waals surface area contributed by atoms with Gasteiger partial charge in [0, 0.05) is 42.6 Å². The van der Waals surface area contributed by atoms with Crippen LogP contribution in [0, 0.1) is 5.92 Å². The maximum absolute atomic E-state index is 12.9. The molecule has 28 heavy (non-hydrogen) atoms. The highest BCUT2D eigenvalue weighted by atomic mass is 79.9. The van der Waals surface area contributed by atoms with Crippen molar-refractivity contribution >= 4 is 43.3 Å². The number of carbonyl (C=O) groups excluding carboxylic acids is 2. The Bertz CT molecular complexity index is 876. The van der Waals surface area contributed by atoms with Crippen molar-refractivity contribution in [1.82, 2.24) is 4.90 Å². The largest absolute Gasteiger partial charge is 0.343 e. The molecule has 0 aliphatic carbocycles. The lowest BCUT2D eigenvalue weighted by Crippen LogP contribution is -2.38. The van der Waals surface area contributed by atoms with Gasteiger partial charge in [-0.1, -0.05) is 13.8 Å². The van der Waals surface area contributed by atoms with Gasteiger partial charge in [0.15, 0.2) is 9.84 Å². The molecule has 1 aromatic carbocycles. The molecule has 8 heteroatoms. The molecule has 1 aromatic rings. The highest BCUT2D eigenvalue weighted by molar-refractivity contribution is 9.10. The Morgan fingerprint density at radius 3 is 2.46 bits per heavy atom. The van der Waals surface area contributed by atoms with Crippen molar-refractivity contribution in [3.05, 3.63) is 22.2 Å². The summed E-state index contributed by atoms with van der Waals surface area (Å²) in [6.45, 7) is 5.95. The maximum Gasteiger partial charge on any atom is 0.226 e. The third-order valence-electron chi connectivity index (χ3n) is 5.69. The highest BCUT2D eigenvalue weighted by Crippen LogP contribution is 2.36. The van der Waals surface area contributed by atoms with Crippen molar-refractivity contribution in [2.75, 3.05) is 30.3 Å². The maximum atomic E-state index is 12.9. The first-order valence-electron chi connectivity index (χ1n) is 9.86. The lowest BCUT2D eigenvalue weighted by Gasteiger charge is -2.30. The number of rotatable bonds is 5. The van der Waals surface area contributed by atoms with Crippen LogP contribution in [0.4, 0.5) is 5.69 Å². The number of carbonyl (C=O) groups is 2. The van der Waals surface area contributed by atoms with Crippen molar-refractivity contribution in [3.8, 4) is 0 Å². The van der Waals surface area contributed by atoms with Gasteiger partial charge < -0.3 is 9.80 Å². The van der Waals surface area contributed by atoms with Gasteiger partial charge in [-0.05, 0) is 58.8 Å². The summed E-state index contributed by atoms with van der Waals surface area (Å²) in [5.74, 6) is 0.273. The number of hydrogen-bond acceptors (Lipinski definition) is 4. The van der Waals surface area contributed by atoms with Gasteiger partial charge >= 0.3 is 0 Å². The van der Waals surface area contributed by atoms with Gasteiger partial charge in [-0.15, -0.1) is 0 Å². The van der Waals surface area contributed by atoms with Crippen LogP contribution in [-0.2, 0) is 25.8 Å². The van der Waals surface area contributed by atoms with Crippen LogP contribution in [0.2, 0.25) is 0 Å². The quantitative estimate of drug-likeness (QED) is 0.661. The Morgan fingerprint density at radius 1 is 1.14 bits per heavy atom. The van der Waals surface area contributed by atoms with E-state index in [0.29, 0.717) is 48.6 Å². The molecule has 0 aromatic heterocycles. The fraction of sp³-hybridized carbons (Fsp3) is 0.600. The first-order chi connectivity index (χ1) is 13.2. The minimum absolute atomic E-state index is 0.0149. The minimum Gasteiger partial charge on any atom is -0.343 e. The normalized spacial score (nSPS) is 17.7. The third-order valence-corrected chi connectivity index (χ3v) is 8.36. The Labute approximate surface area is 175 Å². The van der Waals surface area contributed by atoms with E-state index in [9.17, 15) is 18.0 Å². The molecule has 2 aliphatic heterocycles. The molecule has 0 unspecified atom stereocenters. The number of sulfone groups is 1. The van der Waals surface area contributed by atoms with Gasteiger partial charge in [0.2, 0.25) is 11.8 Å². The molecule has 6 nitrogen and oxygen atoms in total. The zero-order chi connectivity index (χ0) is 20.5. The molecule has 0 radical (unpaired) electrons. The van der Waals surface area contributed by atoms with Crippen LogP contribution in [-0.4, -0.2) is 50.5 Å². The van der Waals surface area contributed by atoms with E-state index in [2.05, 4.69) is 22.9 Å². The van der Waals surface area contributed by atoms with Crippen LogP contribution >= 0.6 is 15.9 Å². The van der Waals surface area contributed by atoms with Crippen molar-refractivity contribution in [3.63, 3.8) is 0 Å². The van der Waals surface area contributed by atoms with E-state index in [-0.39, 0.29) is 28.9 Å². The van der Waals surface area contributed by atoms with Gasteiger partial charge in [-0.3, -0.25) is 9.59 Å². The predicted molar refractivity (Wildman–Crippen MR) is 112 cm³/mol. The molecule has 2 aliphatic rings. The first kappa shape index (κ1) is 21.3. The Hall–Kier alpha value is -1.41. The summed E-state index contributed by atoms with van der Waals surface area (Å²) in [7, 11) is -3.65. The van der Waals surface area contributed by atoms with Crippen molar-refractivity contribution in [2.45, 2.75) is 50.8 Å². The lowest BCUT2D eigenvalue weighted by atomic mass is 9.99.